The zero-order valence-corrected chi connectivity index (χ0v) is 14.1. The molecule has 1 heterocycles. The van der Waals surface area contributed by atoms with E-state index >= 15 is 0 Å². The van der Waals surface area contributed by atoms with Gasteiger partial charge in [-0.15, -0.1) is 11.3 Å². The Morgan fingerprint density at radius 3 is 2.33 bits per heavy atom. The second kappa shape index (κ2) is 6.58. The summed E-state index contributed by atoms with van der Waals surface area (Å²) in [6.45, 7) is 9.04. The molecule has 0 fully saturated rings. The quantitative estimate of drug-likeness (QED) is 0.863. The Morgan fingerprint density at radius 2 is 1.86 bits per heavy atom. The molecule has 2 rings (SSSR count). The first-order chi connectivity index (χ1) is 9.95. The number of benzene rings is 1. The number of nitrogens with zero attached hydrogens (tertiary/aromatic N) is 1. The lowest BCUT2D eigenvalue weighted by Crippen LogP contribution is -2.28. The second-order valence-corrected chi connectivity index (χ2v) is 6.74. The number of thiazole rings is 1. The minimum Gasteiger partial charge on any atom is -0.494 e. The highest BCUT2D eigenvalue weighted by Gasteiger charge is 2.23. The maximum absolute atomic E-state index is 6.25. The van der Waals surface area contributed by atoms with Crippen LogP contribution < -0.4 is 10.5 Å². The summed E-state index contributed by atoms with van der Waals surface area (Å²) in [5, 5.41) is 1.03. The number of rotatable bonds is 6. The van der Waals surface area contributed by atoms with Crippen molar-refractivity contribution in [3.63, 3.8) is 0 Å². The Hall–Kier alpha value is -1.39. The molecule has 0 saturated carbocycles. The maximum atomic E-state index is 6.25. The number of hydrogen-bond donors (Lipinski definition) is 1. The third-order valence-corrected chi connectivity index (χ3v) is 4.68. The average molecular weight is 304 g/mol. The second-order valence-electron chi connectivity index (χ2n) is 5.74. The van der Waals surface area contributed by atoms with Crippen LogP contribution in [0.15, 0.2) is 24.3 Å². The summed E-state index contributed by atoms with van der Waals surface area (Å²) in [7, 11) is 0. The van der Waals surface area contributed by atoms with Crippen LogP contribution in [0, 0.1) is 0 Å². The van der Waals surface area contributed by atoms with Crippen LogP contribution in [0.3, 0.4) is 0 Å². The van der Waals surface area contributed by atoms with Gasteiger partial charge in [-0.25, -0.2) is 4.98 Å². The molecule has 0 aliphatic carbocycles. The predicted octanol–water partition coefficient (Wildman–Crippen LogP) is 4.36. The van der Waals surface area contributed by atoms with Gasteiger partial charge in [0.25, 0.3) is 0 Å². The topological polar surface area (TPSA) is 48.1 Å². The lowest BCUT2D eigenvalue weighted by atomic mass is 10.0. The fraction of sp³-hybridized carbons (Fsp3) is 0.471. The van der Waals surface area contributed by atoms with E-state index in [-0.39, 0.29) is 5.54 Å². The smallest absolute Gasteiger partial charge is 0.123 e. The van der Waals surface area contributed by atoms with Crippen molar-refractivity contribution in [1.29, 1.82) is 0 Å². The van der Waals surface area contributed by atoms with Crippen LogP contribution in [0.25, 0.3) is 10.6 Å². The SMILES string of the molecule is CCCOc1ccc(-c2nc(CC)c(C(C)(C)N)s2)cc1. The van der Waals surface area contributed by atoms with Gasteiger partial charge in [0.15, 0.2) is 0 Å². The molecule has 1 aromatic heterocycles. The highest BCUT2D eigenvalue weighted by Crippen LogP contribution is 2.34. The van der Waals surface area contributed by atoms with E-state index in [9.17, 15) is 0 Å². The average Bonchev–Trinajstić information content (AvgIpc) is 2.90. The molecule has 0 radical (unpaired) electrons. The summed E-state index contributed by atoms with van der Waals surface area (Å²) in [5.74, 6) is 0.909. The largest absolute Gasteiger partial charge is 0.494 e. The highest BCUT2D eigenvalue weighted by molar-refractivity contribution is 7.15. The van der Waals surface area contributed by atoms with E-state index in [1.54, 1.807) is 11.3 Å². The molecule has 1 aromatic carbocycles. The van der Waals surface area contributed by atoms with Crippen molar-refractivity contribution in [2.75, 3.05) is 6.61 Å². The van der Waals surface area contributed by atoms with Gasteiger partial charge in [-0.05, 0) is 51.0 Å². The summed E-state index contributed by atoms with van der Waals surface area (Å²) in [6, 6.07) is 8.14. The van der Waals surface area contributed by atoms with Crippen LogP contribution in [0.4, 0.5) is 0 Å². The van der Waals surface area contributed by atoms with Crippen molar-refractivity contribution in [1.82, 2.24) is 4.98 Å². The van der Waals surface area contributed by atoms with Gasteiger partial charge in [-0.3, -0.25) is 0 Å². The molecule has 3 nitrogen and oxygen atoms in total. The fourth-order valence-electron chi connectivity index (χ4n) is 2.13. The highest BCUT2D eigenvalue weighted by atomic mass is 32.1. The fourth-order valence-corrected chi connectivity index (χ4v) is 3.31. The third kappa shape index (κ3) is 3.83. The molecule has 0 spiro atoms. The van der Waals surface area contributed by atoms with E-state index in [0.29, 0.717) is 0 Å². The number of ether oxygens (including phenoxy) is 1. The molecule has 0 atom stereocenters. The van der Waals surface area contributed by atoms with Gasteiger partial charge in [0.1, 0.15) is 10.8 Å². The molecule has 114 valence electrons. The van der Waals surface area contributed by atoms with Gasteiger partial charge in [-0.1, -0.05) is 13.8 Å². The van der Waals surface area contributed by atoms with E-state index in [2.05, 4.69) is 26.0 Å². The van der Waals surface area contributed by atoms with Crippen molar-refractivity contribution in [3.05, 3.63) is 34.8 Å². The summed E-state index contributed by atoms with van der Waals surface area (Å²) < 4.78 is 5.61. The van der Waals surface area contributed by atoms with Crippen molar-refractivity contribution in [3.8, 4) is 16.3 Å². The summed E-state index contributed by atoms with van der Waals surface area (Å²) in [6.07, 6.45) is 1.92. The zero-order valence-electron chi connectivity index (χ0n) is 13.3. The maximum Gasteiger partial charge on any atom is 0.123 e. The van der Waals surface area contributed by atoms with Crippen molar-refractivity contribution < 1.29 is 4.74 Å². The Kier molecular flexibility index (Phi) is 5.01. The van der Waals surface area contributed by atoms with Crippen molar-refractivity contribution in [2.24, 2.45) is 5.73 Å². The van der Waals surface area contributed by atoms with Crippen LogP contribution >= 0.6 is 11.3 Å². The van der Waals surface area contributed by atoms with Crippen molar-refractivity contribution in [2.45, 2.75) is 46.1 Å². The van der Waals surface area contributed by atoms with Crippen LogP contribution in [0.1, 0.15) is 44.7 Å². The zero-order chi connectivity index (χ0) is 15.5. The normalized spacial score (nSPS) is 11.7. The molecule has 0 aliphatic rings. The van der Waals surface area contributed by atoms with Gasteiger partial charge >= 0.3 is 0 Å². The standard InChI is InChI=1S/C17H24N2OS/c1-5-11-20-13-9-7-12(8-10-13)16-19-14(6-2)15(21-16)17(3,4)18/h7-10H,5-6,11,18H2,1-4H3. The predicted molar refractivity (Wildman–Crippen MR) is 89.9 cm³/mol. The van der Waals surface area contributed by atoms with Gasteiger partial charge in [0.05, 0.1) is 12.3 Å². The number of aryl methyl sites for hydroxylation is 1. The summed E-state index contributed by atoms with van der Waals surface area (Å²) in [4.78, 5) is 5.93. The van der Waals surface area contributed by atoms with Gasteiger partial charge in [-0.2, -0.15) is 0 Å². The summed E-state index contributed by atoms with van der Waals surface area (Å²) in [5.41, 5.74) is 8.14. The summed E-state index contributed by atoms with van der Waals surface area (Å²) >= 11 is 1.69. The monoisotopic (exact) mass is 304 g/mol. The minimum atomic E-state index is -0.342. The molecular formula is C17H24N2OS. The Balaban J connectivity index is 2.28. The van der Waals surface area contributed by atoms with Crippen LogP contribution in [-0.4, -0.2) is 11.6 Å². The molecule has 0 saturated heterocycles. The van der Waals surface area contributed by atoms with E-state index < -0.39 is 0 Å². The number of aromatic nitrogens is 1. The van der Waals surface area contributed by atoms with Gasteiger partial charge in [0, 0.05) is 16.0 Å². The molecule has 2 aromatic rings. The minimum absolute atomic E-state index is 0.342. The molecule has 4 heteroatoms. The molecule has 21 heavy (non-hydrogen) atoms. The van der Waals surface area contributed by atoms with Crippen LogP contribution in [0.2, 0.25) is 0 Å². The Labute approximate surface area is 131 Å². The Bertz CT molecular complexity index is 582. The van der Waals surface area contributed by atoms with E-state index in [1.165, 1.54) is 4.88 Å². The van der Waals surface area contributed by atoms with Crippen molar-refractivity contribution >= 4 is 11.3 Å². The van der Waals surface area contributed by atoms with E-state index in [4.69, 9.17) is 15.5 Å². The molecule has 0 bridgehead atoms. The van der Waals surface area contributed by atoms with Crippen LogP contribution in [0.5, 0.6) is 5.75 Å². The Morgan fingerprint density at radius 1 is 1.19 bits per heavy atom. The van der Waals surface area contributed by atoms with Crippen LogP contribution in [-0.2, 0) is 12.0 Å². The van der Waals surface area contributed by atoms with Gasteiger partial charge < -0.3 is 10.5 Å². The number of hydrogen-bond acceptors (Lipinski definition) is 4. The molecule has 2 N–H and O–H groups in total. The molecule has 0 unspecified atom stereocenters. The molecule has 0 aliphatic heterocycles. The van der Waals surface area contributed by atoms with E-state index in [0.717, 1.165) is 41.5 Å². The van der Waals surface area contributed by atoms with E-state index in [1.807, 2.05) is 26.0 Å². The third-order valence-electron chi connectivity index (χ3n) is 3.19. The first-order valence-electron chi connectivity index (χ1n) is 7.48. The van der Waals surface area contributed by atoms with Gasteiger partial charge in [0.2, 0.25) is 0 Å². The first-order valence-corrected chi connectivity index (χ1v) is 8.29. The lowest BCUT2D eigenvalue weighted by Gasteiger charge is -2.17. The first kappa shape index (κ1) is 16.0. The number of nitrogens with two attached hydrogens (primary N) is 1. The lowest BCUT2D eigenvalue weighted by molar-refractivity contribution is 0.317. The molecular weight excluding hydrogens is 280 g/mol. The molecule has 0 amide bonds.